The summed E-state index contributed by atoms with van der Waals surface area (Å²) >= 11 is 1.38. The number of nitrogens with zero attached hydrogens (tertiary/aromatic N) is 3. The highest BCUT2D eigenvalue weighted by molar-refractivity contribution is 7.20. The van der Waals surface area contributed by atoms with Gasteiger partial charge in [-0.05, 0) is 43.3 Å². The Morgan fingerprint density at radius 3 is 2.55 bits per heavy atom. The number of methoxy groups -OCH3 is 1. The number of carbonyl (C=O) groups is 2. The molecule has 4 aromatic rings. The first-order valence-electron chi connectivity index (χ1n) is 9.66. The highest BCUT2D eigenvalue weighted by atomic mass is 32.1. The first kappa shape index (κ1) is 19.3. The highest BCUT2D eigenvalue weighted by Gasteiger charge is 2.43. The summed E-state index contributed by atoms with van der Waals surface area (Å²) in [6.07, 6.45) is -0.0569. The van der Waals surface area contributed by atoms with Crippen molar-refractivity contribution in [1.82, 2.24) is 14.8 Å². The number of hydrogen-bond acceptors (Lipinski definition) is 6. The predicted molar refractivity (Wildman–Crippen MR) is 117 cm³/mol. The number of H-pyrrole nitrogens is 1. The Labute approximate surface area is 180 Å². The average molecular weight is 434 g/mol. The molecule has 156 valence electrons. The summed E-state index contributed by atoms with van der Waals surface area (Å²) < 4.78 is 7.44. The molecule has 0 aliphatic carbocycles. The molecular weight excluding hydrogens is 416 g/mol. The Kier molecular flexibility index (Phi) is 4.48. The number of hydrogen-bond donors (Lipinski definition) is 1. The average Bonchev–Trinajstić information content (AvgIpc) is 3.41. The Balaban J connectivity index is 1.52. The minimum Gasteiger partial charge on any atom is -0.497 e. The summed E-state index contributed by atoms with van der Waals surface area (Å²) in [5.41, 5.74) is 1.74. The maximum Gasteiger partial charge on any atom is 0.277 e. The second kappa shape index (κ2) is 7.21. The van der Waals surface area contributed by atoms with Crippen LogP contribution in [0.2, 0.25) is 0 Å². The van der Waals surface area contributed by atoms with Gasteiger partial charge in [0.25, 0.3) is 5.56 Å². The van der Waals surface area contributed by atoms with E-state index in [1.807, 2.05) is 24.3 Å². The Morgan fingerprint density at radius 1 is 1.10 bits per heavy atom. The van der Waals surface area contributed by atoms with E-state index >= 15 is 0 Å². The maximum atomic E-state index is 13.2. The lowest BCUT2D eigenvalue weighted by Gasteiger charge is -2.15. The SMILES string of the molecule is COc1ccc(N2C(=O)C[C@@H](c3c(C)[nH]n(-c4nc5ccccc5s4)c3=O)C2=O)cc1. The van der Waals surface area contributed by atoms with Gasteiger partial charge >= 0.3 is 0 Å². The van der Waals surface area contributed by atoms with Gasteiger partial charge in [0.2, 0.25) is 16.9 Å². The number of imide groups is 1. The Bertz CT molecular complexity index is 1350. The number of nitrogens with one attached hydrogen (secondary N) is 1. The van der Waals surface area contributed by atoms with E-state index in [2.05, 4.69) is 10.1 Å². The number of aromatic nitrogens is 3. The molecule has 0 radical (unpaired) electrons. The number of aromatic amines is 1. The van der Waals surface area contributed by atoms with Crippen molar-refractivity contribution in [1.29, 1.82) is 0 Å². The number of rotatable bonds is 4. The van der Waals surface area contributed by atoms with Crippen molar-refractivity contribution < 1.29 is 14.3 Å². The van der Waals surface area contributed by atoms with Crippen LogP contribution in [-0.4, -0.2) is 33.7 Å². The van der Waals surface area contributed by atoms with Crippen molar-refractivity contribution in [3.63, 3.8) is 0 Å². The number of carbonyl (C=O) groups excluding carboxylic acids is 2. The molecule has 0 bridgehead atoms. The largest absolute Gasteiger partial charge is 0.497 e. The minimum absolute atomic E-state index is 0.0569. The van der Waals surface area contributed by atoms with Crippen LogP contribution >= 0.6 is 11.3 Å². The summed E-state index contributed by atoms with van der Waals surface area (Å²) in [4.78, 5) is 44.7. The van der Waals surface area contributed by atoms with Gasteiger partial charge in [-0.15, -0.1) is 0 Å². The van der Waals surface area contributed by atoms with Gasteiger partial charge in [0.15, 0.2) is 0 Å². The summed E-state index contributed by atoms with van der Waals surface area (Å²) in [7, 11) is 1.54. The van der Waals surface area contributed by atoms with Crippen LogP contribution in [-0.2, 0) is 9.59 Å². The van der Waals surface area contributed by atoms with E-state index in [4.69, 9.17) is 4.74 Å². The number of fused-ring (bicyclic) bond motifs is 1. The van der Waals surface area contributed by atoms with E-state index in [0.29, 0.717) is 27.8 Å². The van der Waals surface area contributed by atoms with Crippen LogP contribution in [0.5, 0.6) is 5.75 Å². The van der Waals surface area contributed by atoms with Crippen molar-refractivity contribution in [2.24, 2.45) is 0 Å². The van der Waals surface area contributed by atoms with E-state index in [9.17, 15) is 14.4 Å². The normalized spacial score (nSPS) is 16.5. The smallest absolute Gasteiger partial charge is 0.277 e. The molecule has 31 heavy (non-hydrogen) atoms. The van der Waals surface area contributed by atoms with Crippen LogP contribution in [0.3, 0.4) is 0 Å². The summed E-state index contributed by atoms with van der Waals surface area (Å²) in [6.45, 7) is 1.73. The molecule has 1 aliphatic rings. The molecule has 1 fully saturated rings. The van der Waals surface area contributed by atoms with E-state index in [-0.39, 0.29) is 17.9 Å². The Morgan fingerprint density at radius 2 is 1.84 bits per heavy atom. The van der Waals surface area contributed by atoms with Crippen molar-refractivity contribution >= 4 is 39.1 Å². The highest BCUT2D eigenvalue weighted by Crippen LogP contribution is 2.34. The van der Waals surface area contributed by atoms with Crippen LogP contribution in [0.25, 0.3) is 15.3 Å². The number of anilines is 1. The zero-order chi connectivity index (χ0) is 21.7. The standard InChI is InChI=1S/C22H18N4O4S/c1-12-19(21(29)26(24-12)22-23-16-5-3-4-6-17(16)31-22)15-11-18(27)25(20(15)28)13-7-9-14(30-2)10-8-13/h3-10,15,24H,11H2,1-2H3/t15-/m0/s1. The molecule has 2 aromatic carbocycles. The molecule has 2 aromatic heterocycles. The van der Waals surface area contributed by atoms with Gasteiger partial charge < -0.3 is 4.74 Å². The molecular formula is C22H18N4O4S. The topological polar surface area (TPSA) is 97.3 Å². The first-order chi connectivity index (χ1) is 15.0. The van der Waals surface area contributed by atoms with Crippen LogP contribution in [0, 0.1) is 6.92 Å². The number of aryl methyl sites for hydroxylation is 1. The number of thiazole rings is 1. The number of benzene rings is 2. The third-order valence-electron chi connectivity index (χ3n) is 5.42. The van der Waals surface area contributed by atoms with E-state index < -0.39 is 11.8 Å². The molecule has 3 heterocycles. The Hall–Kier alpha value is -3.72. The van der Waals surface area contributed by atoms with Gasteiger partial charge in [-0.2, -0.15) is 4.68 Å². The lowest BCUT2D eigenvalue weighted by atomic mass is 9.98. The van der Waals surface area contributed by atoms with Gasteiger partial charge in [0.1, 0.15) is 5.75 Å². The molecule has 1 atom stereocenters. The molecule has 1 aliphatic heterocycles. The maximum absolute atomic E-state index is 13.2. The molecule has 2 amide bonds. The van der Waals surface area contributed by atoms with Gasteiger partial charge in [-0.25, -0.2) is 9.88 Å². The van der Waals surface area contributed by atoms with Gasteiger partial charge in [0.05, 0.1) is 34.5 Å². The monoisotopic (exact) mass is 434 g/mol. The molecule has 0 spiro atoms. The van der Waals surface area contributed by atoms with Crippen molar-refractivity contribution in [2.45, 2.75) is 19.3 Å². The minimum atomic E-state index is -0.839. The predicted octanol–water partition coefficient (Wildman–Crippen LogP) is 3.14. The summed E-state index contributed by atoms with van der Waals surface area (Å²) in [5.74, 6) is -0.967. The van der Waals surface area contributed by atoms with Crippen LogP contribution in [0.15, 0.2) is 53.3 Å². The third-order valence-corrected chi connectivity index (χ3v) is 6.44. The third kappa shape index (κ3) is 3.05. The number of amides is 2. The molecule has 5 rings (SSSR count). The molecule has 0 unspecified atom stereocenters. The quantitative estimate of drug-likeness (QED) is 0.498. The molecule has 9 heteroatoms. The fourth-order valence-corrected chi connectivity index (χ4v) is 4.85. The van der Waals surface area contributed by atoms with Gasteiger partial charge in [-0.3, -0.25) is 19.5 Å². The number of ether oxygens (including phenoxy) is 1. The van der Waals surface area contributed by atoms with Crippen molar-refractivity contribution in [2.75, 3.05) is 12.0 Å². The summed E-state index contributed by atoms with van der Waals surface area (Å²) in [6, 6.07) is 14.3. The van der Waals surface area contributed by atoms with Crippen LogP contribution in [0.1, 0.15) is 23.6 Å². The van der Waals surface area contributed by atoms with Gasteiger partial charge in [-0.1, -0.05) is 23.5 Å². The fourth-order valence-electron chi connectivity index (χ4n) is 3.92. The van der Waals surface area contributed by atoms with Crippen LogP contribution < -0.4 is 15.2 Å². The van der Waals surface area contributed by atoms with E-state index in [1.165, 1.54) is 16.0 Å². The van der Waals surface area contributed by atoms with Crippen LogP contribution in [0.4, 0.5) is 5.69 Å². The zero-order valence-corrected chi connectivity index (χ0v) is 17.6. The van der Waals surface area contributed by atoms with Gasteiger partial charge in [0, 0.05) is 12.1 Å². The molecule has 8 nitrogen and oxygen atoms in total. The first-order valence-corrected chi connectivity index (χ1v) is 10.5. The lowest BCUT2D eigenvalue weighted by Crippen LogP contribution is -2.31. The second-order valence-corrected chi connectivity index (χ2v) is 8.29. The zero-order valence-electron chi connectivity index (χ0n) is 16.8. The second-order valence-electron chi connectivity index (χ2n) is 7.28. The molecule has 1 saturated heterocycles. The van der Waals surface area contributed by atoms with E-state index in [0.717, 1.165) is 15.1 Å². The summed E-state index contributed by atoms with van der Waals surface area (Å²) in [5, 5.41) is 3.52. The molecule has 0 saturated carbocycles. The van der Waals surface area contributed by atoms with Crippen molar-refractivity contribution in [3.05, 3.63) is 70.1 Å². The fraction of sp³-hybridized carbons (Fsp3) is 0.182. The molecule has 1 N–H and O–H groups in total. The lowest BCUT2D eigenvalue weighted by molar-refractivity contribution is -0.121. The van der Waals surface area contributed by atoms with E-state index in [1.54, 1.807) is 38.3 Å². The number of para-hydroxylation sites is 1. The van der Waals surface area contributed by atoms with Crippen molar-refractivity contribution in [3.8, 4) is 10.9 Å².